The van der Waals surface area contributed by atoms with Gasteiger partial charge in [0.2, 0.25) is 15.9 Å². The van der Waals surface area contributed by atoms with Crippen LogP contribution < -0.4 is 14.8 Å². The van der Waals surface area contributed by atoms with Gasteiger partial charge < -0.3 is 10.1 Å². The van der Waals surface area contributed by atoms with Gasteiger partial charge in [-0.2, -0.15) is 0 Å². The van der Waals surface area contributed by atoms with Gasteiger partial charge in [0.05, 0.1) is 19.3 Å². The molecule has 1 heterocycles. The zero-order valence-electron chi connectivity index (χ0n) is 14.0. The lowest BCUT2D eigenvalue weighted by molar-refractivity contribution is -0.115. The van der Waals surface area contributed by atoms with Crippen molar-refractivity contribution >= 4 is 32.7 Å². The normalized spacial score (nSPS) is 11.5. The van der Waals surface area contributed by atoms with E-state index >= 15 is 0 Å². The topological polar surface area (TPSA) is 123 Å². The predicted octanol–water partition coefficient (Wildman–Crippen LogP) is 1.46. The Morgan fingerprint density at radius 2 is 2.04 bits per heavy atom. The van der Waals surface area contributed by atoms with Crippen LogP contribution in [0.5, 0.6) is 5.75 Å². The third kappa shape index (κ3) is 3.65. The predicted molar refractivity (Wildman–Crippen MR) is 93.4 cm³/mol. The fourth-order valence-corrected chi connectivity index (χ4v) is 3.48. The smallest absolute Gasteiger partial charge is 0.243 e. The molecule has 0 fully saturated rings. The van der Waals surface area contributed by atoms with Crippen LogP contribution in [0.4, 0.5) is 5.69 Å². The number of carbonyl (C=O) groups excluding carboxylic acids is 1. The fourth-order valence-electron chi connectivity index (χ4n) is 2.35. The van der Waals surface area contributed by atoms with Crippen molar-refractivity contribution in [2.24, 2.45) is 0 Å². The van der Waals surface area contributed by atoms with Gasteiger partial charge >= 0.3 is 0 Å². The summed E-state index contributed by atoms with van der Waals surface area (Å²) >= 11 is 0. The molecule has 2 N–H and O–H groups in total. The van der Waals surface area contributed by atoms with Gasteiger partial charge in [0.25, 0.3) is 0 Å². The number of nitrogens with one attached hydrogen (secondary N) is 2. The number of rotatable bonds is 6. The number of sulfonamides is 1. The van der Waals surface area contributed by atoms with Gasteiger partial charge in [-0.05, 0) is 47.1 Å². The number of aromatic nitrogens is 2. The van der Waals surface area contributed by atoms with E-state index in [0.717, 1.165) is 5.56 Å². The number of amides is 1. The second-order valence-corrected chi connectivity index (χ2v) is 7.20. The fraction of sp³-hybridized carbons (Fsp3) is 0.188. The van der Waals surface area contributed by atoms with Crippen LogP contribution in [0, 0.1) is 6.92 Å². The van der Waals surface area contributed by atoms with Gasteiger partial charge in [0.15, 0.2) is 5.52 Å². The standard InChI is InChI=1S/C16H16N4O5S/c1-10-6-7-13(24-2)12(8-10)18-15(21)9-17-26(22,23)14-5-3-4-11-16(14)20-25-19-11/h3-8,17H,9H2,1-2H3,(H,18,21). The van der Waals surface area contributed by atoms with E-state index in [1.54, 1.807) is 18.2 Å². The molecule has 0 spiro atoms. The maximum Gasteiger partial charge on any atom is 0.243 e. The van der Waals surface area contributed by atoms with Gasteiger partial charge in [-0.25, -0.2) is 17.8 Å². The highest BCUT2D eigenvalue weighted by Crippen LogP contribution is 2.25. The van der Waals surface area contributed by atoms with Gasteiger partial charge in [-0.1, -0.05) is 12.1 Å². The van der Waals surface area contributed by atoms with Crippen molar-refractivity contribution in [2.75, 3.05) is 19.0 Å². The van der Waals surface area contributed by atoms with Gasteiger partial charge in [0, 0.05) is 0 Å². The molecule has 0 saturated heterocycles. The Hall–Kier alpha value is -2.98. The zero-order chi connectivity index (χ0) is 18.7. The first-order valence-electron chi connectivity index (χ1n) is 7.56. The van der Waals surface area contributed by atoms with E-state index in [9.17, 15) is 13.2 Å². The van der Waals surface area contributed by atoms with Crippen LogP contribution in [0.25, 0.3) is 11.0 Å². The van der Waals surface area contributed by atoms with E-state index in [0.29, 0.717) is 17.0 Å². The molecule has 0 atom stereocenters. The van der Waals surface area contributed by atoms with E-state index < -0.39 is 22.5 Å². The molecular weight excluding hydrogens is 360 g/mol. The second kappa shape index (κ2) is 7.10. The first kappa shape index (κ1) is 17.8. The molecule has 136 valence electrons. The van der Waals surface area contributed by atoms with Crippen molar-refractivity contribution in [3.05, 3.63) is 42.0 Å². The molecule has 1 amide bonds. The molecule has 9 nitrogen and oxygen atoms in total. The van der Waals surface area contributed by atoms with E-state index in [-0.39, 0.29) is 10.4 Å². The Morgan fingerprint density at radius 1 is 1.23 bits per heavy atom. The number of benzene rings is 2. The summed E-state index contributed by atoms with van der Waals surface area (Å²) in [4.78, 5) is 12.0. The zero-order valence-corrected chi connectivity index (χ0v) is 14.8. The number of hydrogen-bond donors (Lipinski definition) is 2. The Morgan fingerprint density at radius 3 is 2.81 bits per heavy atom. The van der Waals surface area contributed by atoms with Gasteiger partial charge in [0.1, 0.15) is 16.2 Å². The van der Waals surface area contributed by atoms with Crippen molar-refractivity contribution in [1.82, 2.24) is 15.0 Å². The molecule has 0 bridgehead atoms. The van der Waals surface area contributed by atoms with Gasteiger partial charge in [-0.15, -0.1) is 0 Å². The Bertz CT molecular complexity index is 1060. The van der Waals surface area contributed by atoms with Gasteiger partial charge in [-0.3, -0.25) is 4.79 Å². The van der Waals surface area contributed by atoms with Crippen LogP contribution in [-0.2, 0) is 14.8 Å². The molecule has 0 unspecified atom stereocenters. The summed E-state index contributed by atoms with van der Waals surface area (Å²) in [5.41, 5.74) is 1.79. The first-order chi connectivity index (χ1) is 12.4. The summed E-state index contributed by atoms with van der Waals surface area (Å²) in [7, 11) is -2.49. The highest BCUT2D eigenvalue weighted by molar-refractivity contribution is 7.89. The number of carbonyl (C=O) groups is 1. The summed E-state index contributed by atoms with van der Waals surface area (Å²) in [6.07, 6.45) is 0. The van der Waals surface area contributed by atoms with Crippen LogP contribution in [0.1, 0.15) is 5.56 Å². The lowest BCUT2D eigenvalue weighted by Crippen LogP contribution is -2.33. The van der Waals surface area contributed by atoms with Crippen molar-refractivity contribution in [2.45, 2.75) is 11.8 Å². The lowest BCUT2D eigenvalue weighted by Gasteiger charge is -2.11. The molecule has 0 aliphatic heterocycles. The number of nitrogens with zero attached hydrogens (tertiary/aromatic N) is 2. The number of fused-ring (bicyclic) bond motifs is 1. The molecule has 1 aromatic heterocycles. The highest BCUT2D eigenvalue weighted by Gasteiger charge is 2.21. The highest BCUT2D eigenvalue weighted by atomic mass is 32.2. The number of hydrogen-bond acceptors (Lipinski definition) is 7. The van der Waals surface area contributed by atoms with Crippen molar-refractivity contribution < 1.29 is 22.6 Å². The molecule has 0 saturated carbocycles. The van der Waals surface area contributed by atoms with E-state index in [4.69, 9.17) is 4.74 Å². The Balaban J connectivity index is 1.73. The summed E-state index contributed by atoms with van der Waals surface area (Å²) in [5, 5.41) is 9.81. The monoisotopic (exact) mass is 376 g/mol. The molecule has 2 aromatic carbocycles. The molecule has 0 aliphatic carbocycles. The minimum absolute atomic E-state index is 0.0979. The van der Waals surface area contributed by atoms with E-state index in [1.807, 2.05) is 13.0 Å². The second-order valence-electron chi connectivity index (χ2n) is 5.46. The van der Waals surface area contributed by atoms with Crippen LogP contribution in [0.3, 0.4) is 0 Å². The van der Waals surface area contributed by atoms with Crippen molar-refractivity contribution in [3.63, 3.8) is 0 Å². The van der Waals surface area contributed by atoms with Crippen molar-refractivity contribution in [1.29, 1.82) is 0 Å². The molecule has 3 aromatic rings. The molecule has 0 aliphatic rings. The SMILES string of the molecule is COc1ccc(C)cc1NC(=O)CNS(=O)(=O)c1cccc2nonc12. The number of anilines is 1. The maximum absolute atomic E-state index is 12.5. The average Bonchev–Trinajstić information content (AvgIpc) is 3.09. The van der Waals surface area contributed by atoms with Crippen LogP contribution >= 0.6 is 0 Å². The van der Waals surface area contributed by atoms with Crippen molar-refractivity contribution in [3.8, 4) is 5.75 Å². The molecular formula is C16H16N4O5S. The molecule has 0 radical (unpaired) electrons. The maximum atomic E-state index is 12.5. The summed E-state index contributed by atoms with van der Waals surface area (Å²) in [5.74, 6) is -0.0619. The van der Waals surface area contributed by atoms with Crippen LogP contribution in [0.15, 0.2) is 45.9 Å². The largest absolute Gasteiger partial charge is 0.495 e. The quantitative estimate of drug-likeness (QED) is 0.667. The lowest BCUT2D eigenvalue weighted by atomic mass is 10.2. The third-order valence-corrected chi connectivity index (χ3v) is 5.02. The summed E-state index contributed by atoms with van der Waals surface area (Å²) < 4.78 is 36.9. The van der Waals surface area contributed by atoms with E-state index in [2.05, 4.69) is 25.0 Å². The summed E-state index contributed by atoms with van der Waals surface area (Å²) in [6, 6.07) is 9.72. The molecule has 3 rings (SSSR count). The number of aryl methyl sites for hydroxylation is 1. The van der Waals surface area contributed by atoms with Crippen LogP contribution in [0.2, 0.25) is 0 Å². The minimum atomic E-state index is -3.97. The third-order valence-electron chi connectivity index (χ3n) is 3.59. The average molecular weight is 376 g/mol. The van der Waals surface area contributed by atoms with Crippen LogP contribution in [-0.4, -0.2) is 38.3 Å². The number of methoxy groups -OCH3 is 1. The van der Waals surface area contributed by atoms with E-state index in [1.165, 1.54) is 19.2 Å². The Kier molecular flexibility index (Phi) is 4.87. The number of ether oxygens (including phenoxy) is 1. The Labute approximate surface area is 149 Å². The molecule has 10 heteroatoms. The molecule has 26 heavy (non-hydrogen) atoms. The minimum Gasteiger partial charge on any atom is -0.495 e. The first-order valence-corrected chi connectivity index (χ1v) is 9.04. The summed E-state index contributed by atoms with van der Waals surface area (Å²) in [6.45, 7) is 1.41.